The Bertz CT molecular complexity index is 865. The molecular formula is C26H49N11O7. The molecule has 0 aliphatic heterocycles. The maximum absolute atomic E-state index is 12.2. The van der Waals surface area contributed by atoms with Crippen molar-refractivity contribution in [3.8, 4) is 0 Å². The predicted molar refractivity (Wildman–Crippen MR) is 163 cm³/mol. The molecule has 0 heterocycles. The lowest BCUT2D eigenvalue weighted by molar-refractivity contribution is -0.121. The monoisotopic (exact) mass is 627 g/mol. The zero-order valence-corrected chi connectivity index (χ0v) is 26.3. The Balaban J connectivity index is 4.49. The summed E-state index contributed by atoms with van der Waals surface area (Å²) >= 11 is 0. The standard InChI is InChI=1S/C26H49N11O7/c1-25(2,3)44-24(39)31-11-7-4-6-10-30-23(38)9-5-8-15-40-19-26(20-41-16-12-32-35-27,21-42-17-13-33-36-28)22-43-18-14-34-37-29/h4-22H2,1-3H3,(H,30,38)(H,31,39). The highest BCUT2D eigenvalue weighted by molar-refractivity contribution is 5.75. The van der Waals surface area contributed by atoms with Crippen LogP contribution < -0.4 is 10.6 Å². The van der Waals surface area contributed by atoms with E-state index in [4.69, 9.17) is 40.3 Å². The molecule has 0 atom stereocenters. The minimum absolute atomic E-state index is 0.0264. The molecular weight excluding hydrogens is 578 g/mol. The molecule has 0 aromatic heterocycles. The van der Waals surface area contributed by atoms with Crippen LogP contribution in [0.25, 0.3) is 31.3 Å². The van der Waals surface area contributed by atoms with Crippen molar-refractivity contribution in [2.45, 2.75) is 64.9 Å². The second kappa shape index (κ2) is 27.1. The lowest BCUT2D eigenvalue weighted by Gasteiger charge is -2.33. The van der Waals surface area contributed by atoms with Crippen LogP contribution in [-0.2, 0) is 28.5 Å². The Hall–Kier alpha value is -3.49. The summed E-state index contributed by atoms with van der Waals surface area (Å²) in [5, 5.41) is 16.0. The molecule has 0 bridgehead atoms. The average Bonchev–Trinajstić information content (AvgIpc) is 2.97. The topological polar surface area (TPSA) is 251 Å². The minimum atomic E-state index is -0.733. The van der Waals surface area contributed by atoms with Crippen molar-refractivity contribution < 1.29 is 33.3 Å². The zero-order chi connectivity index (χ0) is 32.8. The van der Waals surface area contributed by atoms with Crippen molar-refractivity contribution in [2.24, 2.45) is 20.8 Å². The largest absolute Gasteiger partial charge is 0.444 e. The maximum Gasteiger partial charge on any atom is 0.407 e. The van der Waals surface area contributed by atoms with Crippen LogP contribution in [0.3, 0.4) is 0 Å². The van der Waals surface area contributed by atoms with Crippen LogP contribution in [0.1, 0.15) is 59.3 Å². The van der Waals surface area contributed by atoms with Crippen LogP contribution in [0.5, 0.6) is 0 Å². The van der Waals surface area contributed by atoms with E-state index in [0.717, 1.165) is 19.3 Å². The lowest BCUT2D eigenvalue weighted by Crippen LogP contribution is -2.42. The number of amides is 2. The first-order chi connectivity index (χ1) is 21.2. The molecule has 2 amide bonds. The number of nitrogens with one attached hydrogen (secondary N) is 2. The van der Waals surface area contributed by atoms with E-state index in [1.165, 1.54) is 0 Å². The van der Waals surface area contributed by atoms with Crippen molar-refractivity contribution in [2.75, 3.05) is 85.6 Å². The molecule has 0 radical (unpaired) electrons. The SMILES string of the molecule is CC(C)(C)OC(=O)NCCCCCNC(=O)CCCCOCC(COCCN=[N+]=[N-])(COCCN=[N+]=[N-])COCCN=[N+]=[N-]. The van der Waals surface area contributed by atoms with Gasteiger partial charge in [-0.1, -0.05) is 15.3 Å². The fourth-order valence-corrected chi connectivity index (χ4v) is 3.59. The molecule has 0 rings (SSSR count). The summed E-state index contributed by atoms with van der Waals surface area (Å²) in [6, 6.07) is 0. The highest BCUT2D eigenvalue weighted by Gasteiger charge is 2.32. The molecule has 18 heteroatoms. The van der Waals surface area contributed by atoms with Crippen molar-refractivity contribution in [1.82, 2.24) is 10.6 Å². The molecule has 0 unspecified atom stereocenters. The smallest absolute Gasteiger partial charge is 0.407 e. The van der Waals surface area contributed by atoms with Gasteiger partial charge in [0.15, 0.2) is 0 Å². The molecule has 0 aromatic rings. The molecule has 0 fully saturated rings. The Morgan fingerprint density at radius 1 is 0.636 bits per heavy atom. The summed E-state index contributed by atoms with van der Waals surface area (Å²) in [5.74, 6) is -0.0264. The number of ether oxygens (including phenoxy) is 5. The van der Waals surface area contributed by atoms with Gasteiger partial charge in [0.2, 0.25) is 5.91 Å². The third-order valence-electron chi connectivity index (χ3n) is 5.62. The van der Waals surface area contributed by atoms with Crippen LogP contribution in [0.4, 0.5) is 4.79 Å². The number of nitrogens with zero attached hydrogens (tertiary/aromatic N) is 9. The number of hydrogen-bond donors (Lipinski definition) is 2. The summed E-state index contributed by atoms with van der Waals surface area (Å²) in [6.45, 7) is 8.76. The molecule has 0 aromatic carbocycles. The van der Waals surface area contributed by atoms with E-state index in [-0.39, 0.29) is 71.8 Å². The first kappa shape index (κ1) is 40.5. The van der Waals surface area contributed by atoms with Gasteiger partial charge in [0.1, 0.15) is 5.60 Å². The molecule has 2 N–H and O–H groups in total. The Labute approximate surface area is 258 Å². The highest BCUT2D eigenvalue weighted by atomic mass is 16.6. The fraction of sp³-hybridized carbons (Fsp3) is 0.923. The van der Waals surface area contributed by atoms with Crippen LogP contribution in [0.15, 0.2) is 15.3 Å². The molecule has 0 saturated heterocycles. The van der Waals surface area contributed by atoms with Crippen molar-refractivity contribution in [3.63, 3.8) is 0 Å². The van der Waals surface area contributed by atoms with Crippen LogP contribution >= 0.6 is 0 Å². The number of hydrogen-bond acceptors (Lipinski definition) is 10. The van der Waals surface area contributed by atoms with E-state index in [9.17, 15) is 9.59 Å². The predicted octanol–water partition coefficient (Wildman–Crippen LogP) is 4.95. The van der Waals surface area contributed by atoms with Gasteiger partial charge in [-0.15, -0.1) is 0 Å². The fourth-order valence-electron chi connectivity index (χ4n) is 3.59. The van der Waals surface area contributed by atoms with Gasteiger partial charge >= 0.3 is 6.09 Å². The Kier molecular flexibility index (Phi) is 24.9. The molecule has 0 aliphatic rings. The second-order valence-electron chi connectivity index (χ2n) is 10.9. The highest BCUT2D eigenvalue weighted by Crippen LogP contribution is 2.21. The lowest BCUT2D eigenvalue weighted by atomic mass is 9.92. The number of carbonyl (C=O) groups is 2. The molecule has 0 saturated carbocycles. The number of carbonyl (C=O) groups excluding carboxylic acids is 2. The second-order valence-corrected chi connectivity index (χ2v) is 10.9. The number of azide groups is 3. The van der Waals surface area contributed by atoms with Crippen molar-refractivity contribution in [1.29, 1.82) is 0 Å². The minimum Gasteiger partial charge on any atom is -0.444 e. The first-order valence-electron chi connectivity index (χ1n) is 14.7. The van der Waals surface area contributed by atoms with E-state index in [2.05, 4.69) is 40.7 Å². The quantitative estimate of drug-likeness (QED) is 0.0521. The molecule has 0 spiro atoms. The molecule has 0 aliphatic carbocycles. The third kappa shape index (κ3) is 26.2. The van der Waals surface area contributed by atoms with E-state index in [0.29, 0.717) is 39.0 Å². The summed E-state index contributed by atoms with van der Waals surface area (Å²) in [4.78, 5) is 31.9. The van der Waals surface area contributed by atoms with Crippen LogP contribution in [0.2, 0.25) is 0 Å². The van der Waals surface area contributed by atoms with Gasteiger partial charge in [-0.25, -0.2) is 4.79 Å². The van der Waals surface area contributed by atoms with Gasteiger partial charge in [-0.2, -0.15) is 0 Å². The van der Waals surface area contributed by atoms with E-state index in [1.807, 2.05) is 20.8 Å². The third-order valence-corrected chi connectivity index (χ3v) is 5.62. The Morgan fingerprint density at radius 2 is 1.09 bits per heavy atom. The van der Waals surface area contributed by atoms with E-state index < -0.39 is 17.1 Å². The molecule has 250 valence electrons. The summed E-state index contributed by atoms with van der Waals surface area (Å²) in [7, 11) is 0. The van der Waals surface area contributed by atoms with Gasteiger partial charge in [0.05, 0.1) is 51.7 Å². The van der Waals surface area contributed by atoms with Gasteiger partial charge in [-0.05, 0) is 69.5 Å². The summed E-state index contributed by atoms with van der Waals surface area (Å²) in [6.07, 6.45) is 3.73. The van der Waals surface area contributed by atoms with E-state index >= 15 is 0 Å². The van der Waals surface area contributed by atoms with Gasteiger partial charge < -0.3 is 34.3 Å². The average molecular weight is 628 g/mol. The Morgan fingerprint density at radius 3 is 1.55 bits per heavy atom. The van der Waals surface area contributed by atoms with Crippen LogP contribution in [0, 0.1) is 5.41 Å². The summed E-state index contributed by atoms with van der Waals surface area (Å²) < 4.78 is 28.3. The van der Waals surface area contributed by atoms with Crippen molar-refractivity contribution >= 4 is 12.0 Å². The zero-order valence-electron chi connectivity index (χ0n) is 26.3. The number of rotatable bonds is 28. The maximum atomic E-state index is 12.2. The number of alkyl carbamates (subject to hydrolysis) is 1. The molecule has 44 heavy (non-hydrogen) atoms. The number of unbranched alkanes of at least 4 members (excludes halogenated alkanes) is 3. The van der Waals surface area contributed by atoms with Gasteiger partial charge in [0.25, 0.3) is 0 Å². The summed E-state index contributed by atoms with van der Waals surface area (Å²) in [5.41, 5.74) is 24.2. The van der Waals surface area contributed by atoms with Crippen molar-refractivity contribution in [3.05, 3.63) is 31.3 Å². The van der Waals surface area contributed by atoms with E-state index in [1.54, 1.807) is 0 Å². The molecule has 18 nitrogen and oxygen atoms in total. The first-order valence-corrected chi connectivity index (χ1v) is 14.7. The van der Waals surface area contributed by atoms with Gasteiger partial charge in [-0.3, -0.25) is 4.79 Å². The normalized spacial score (nSPS) is 12.2. The van der Waals surface area contributed by atoms with Crippen LogP contribution in [-0.4, -0.2) is 103 Å². The van der Waals surface area contributed by atoms with Gasteiger partial charge in [0, 0.05) is 60.5 Å².